The number of amides is 4. The number of aliphatic hydroxyl groups excluding tert-OH is 2. The molecule has 8 fully saturated rings. The fourth-order valence-corrected chi connectivity index (χ4v) is 20.3. The molecule has 8 rings (SSSR count). The topological polar surface area (TPSA) is 266 Å². The fraction of sp³-hybridized carbons (Fsp3) is 0.930. The van der Waals surface area contributed by atoms with Gasteiger partial charge in [0, 0.05) is 50.9 Å². The van der Waals surface area contributed by atoms with Gasteiger partial charge in [-0.25, -0.2) is 0 Å². The van der Waals surface area contributed by atoms with Crippen LogP contribution in [0.1, 0.15) is 189 Å². The Hall–Kier alpha value is -2.38. The zero-order valence-electron chi connectivity index (χ0n) is 46.2. The molecule has 8 aliphatic carbocycles. The van der Waals surface area contributed by atoms with Crippen LogP contribution >= 0.6 is 0 Å². The first-order valence-electron chi connectivity index (χ1n) is 29.5. The van der Waals surface area contributed by atoms with Crippen LogP contribution in [-0.2, 0) is 39.4 Å². The molecule has 20 atom stereocenters. The van der Waals surface area contributed by atoms with E-state index >= 15 is 0 Å². The lowest BCUT2D eigenvalue weighted by molar-refractivity contribution is -0.167. The molecule has 0 bridgehead atoms. The van der Waals surface area contributed by atoms with E-state index < -0.39 is 31.7 Å². The third kappa shape index (κ3) is 12.7. The van der Waals surface area contributed by atoms with Gasteiger partial charge in [-0.2, -0.15) is 16.8 Å². The van der Waals surface area contributed by atoms with E-state index in [0.717, 1.165) is 103 Å². The molecule has 8 saturated carbocycles. The number of nitrogens with one attached hydrogen (secondary N) is 4. The third-order valence-electron chi connectivity index (χ3n) is 23.4. The molecule has 0 aromatic rings. The summed E-state index contributed by atoms with van der Waals surface area (Å²) < 4.78 is 62.2. The number of rotatable bonds is 20. The van der Waals surface area contributed by atoms with Gasteiger partial charge in [0.15, 0.2) is 0 Å². The molecule has 4 amide bonds. The third-order valence-corrected chi connectivity index (χ3v) is 24.9. The molecule has 75 heavy (non-hydrogen) atoms. The van der Waals surface area contributed by atoms with Crippen LogP contribution in [0.3, 0.4) is 0 Å². The Balaban J connectivity index is 0.748. The largest absolute Gasteiger partial charge is 0.393 e. The molecule has 18 heteroatoms. The van der Waals surface area contributed by atoms with E-state index in [0.29, 0.717) is 104 Å². The number of carbonyl (C=O) groups excluding carboxylic acids is 4. The molecular formula is C57H96N4O12S2. The second kappa shape index (κ2) is 23.0. The van der Waals surface area contributed by atoms with Gasteiger partial charge in [-0.05, 0) is 215 Å². The quantitative estimate of drug-likeness (QED) is 0.0562. The lowest BCUT2D eigenvalue weighted by Crippen LogP contribution is -2.59. The molecule has 0 spiro atoms. The summed E-state index contributed by atoms with van der Waals surface area (Å²) in [7, 11) is -8.25. The van der Waals surface area contributed by atoms with Crippen LogP contribution in [0.2, 0.25) is 0 Å². The first-order chi connectivity index (χ1) is 35.1. The minimum atomic E-state index is -4.12. The predicted octanol–water partition coefficient (Wildman–Crippen LogP) is 7.23. The molecule has 0 radical (unpaired) electrons. The maximum absolute atomic E-state index is 13.4. The highest BCUT2D eigenvalue weighted by Gasteiger charge is 2.65. The molecule has 8 unspecified atom stereocenters. The van der Waals surface area contributed by atoms with E-state index in [1.54, 1.807) is 0 Å². The summed E-state index contributed by atoms with van der Waals surface area (Å²) in [5.74, 6) is 2.96. The number of fused-ring (bicyclic) bond motifs is 10. The number of hydrogen-bond donors (Lipinski definition) is 8. The van der Waals surface area contributed by atoms with Crippen LogP contribution in [0.25, 0.3) is 0 Å². The molecule has 8 N–H and O–H groups in total. The highest BCUT2D eigenvalue weighted by Crippen LogP contribution is 2.70. The van der Waals surface area contributed by atoms with E-state index in [9.17, 15) is 46.2 Å². The highest BCUT2D eigenvalue weighted by atomic mass is 32.2. The first kappa shape index (κ1) is 58.8. The average Bonchev–Trinajstić information content (AvgIpc) is 3.87. The Morgan fingerprint density at radius 3 is 1.23 bits per heavy atom. The van der Waals surface area contributed by atoms with Gasteiger partial charge in [0.2, 0.25) is 23.6 Å². The Kier molecular flexibility index (Phi) is 18.0. The zero-order valence-corrected chi connectivity index (χ0v) is 47.8. The van der Waals surface area contributed by atoms with Gasteiger partial charge in [-0.3, -0.25) is 28.3 Å². The first-order valence-corrected chi connectivity index (χ1v) is 32.8. The second-order valence-electron chi connectivity index (χ2n) is 27.3. The van der Waals surface area contributed by atoms with E-state index in [4.69, 9.17) is 9.11 Å². The fourth-order valence-electron chi connectivity index (χ4n) is 19.6. The van der Waals surface area contributed by atoms with Crippen LogP contribution < -0.4 is 21.3 Å². The summed E-state index contributed by atoms with van der Waals surface area (Å²) >= 11 is 0. The van der Waals surface area contributed by atoms with Crippen LogP contribution in [-0.4, -0.2) is 109 Å². The van der Waals surface area contributed by atoms with Crippen molar-refractivity contribution in [3.63, 3.8) is 0 Å². The molecule has 0 aliphatic heterocycles. The van der Waals surface area contributed by atoms with Crippen LogP contribution in [0.4, 0.5) is 0 Å². The molecular weight excluding hydrogens is 997 g/mol. The standard InChI is InChI=1S/C57H96N4O12S2/c1-34(10-16-48(64)58-26-28-74(68,69)70)40-12-14-42-52-44(20-24-56(40,42)5)54(3)22-18-38(30-36(54)32-46(52)62)60-50(66)8-7-9-51(67)61-39-19-23-55(4)37(31-39)33-47(63)53-43-15-13-41(57(43,6)25-21-45(53)55)35(2)11-17-49(65)59-27-29-75(71,72)73/h34-47,52-53,62-63H,7-33H2,1-6H3,(H,58,64)(H,59,65)(H,60,66)(H,61,67)(H,68,69,70)(H,71,72,73)/t34-,35-,36?,37?,38-,39+,40-,41-,42?,43?,44?,45?,46-,47+,52?,53?,54+,55+,56-,57-/m1/s1. The summed E-state index contributed by atoms with van der Waals surface area (Å²) in [6.45, 7) is 14.0. The second-order valence-corrected chi connectivity index (χ2v) is 30.4. The van der Waals surface area contributed by atoms with Gasteiger partial charge < -0.3 is 31.5 Å². The Morgan fingerprint density at radius 2 is 0.853 bits per heavy atom. The summed E-state index contributed by atoms with van der Waals surface area (Å²) in [6, 6.07) is 0.118. The number of aliphatic hydroxyl groups is 2. The predicted molar refractivity (Wildman–Crippen MR) is 287 cm³/mol. The van der Waals surface area contributed by atoms with Crippen LogP contribution in [0.15, 0.2) is 0 Å². The van der Waals surface area contributed by atoms with Crippen molar-refractivity contribution in [1.82, 2.24) is 21.3 Å². The van der Waals surface area contributed by atoms with Gasteiger partial charge in [-0.1, -0.05) is 41.5 Å². The van der Waals surface area contributed by atoms with Gasteiger partial charge in [0.25, 0.3) is 20.2 Å². The monoisotopic (exact) mass is 1090 g/mol. The van der Waals surface area contributed by atoms with Gasteiger partial charge in [0.05, 0.1) is 23.7 Å². The summed E-state index contributed by atoms with van der Waals surface area (Å²) in [4.78, 5) is 51.8. The molecule has 0 aromatic carbocycles. The molecule has 0 aromatic heterocycles. The SMILES string of the molecule is C[C@H](CCC(=O)NCCS(=O)(=O)O)[C@H]1CCC2C3C(CC[C@@]21C)[C@@]1(C)CC[C@@H](NC(=O)CCCC(=O)N[C@H]2CC[C@@]4(C)C(C2)C[C@H](O)C2C4CC[C@@]4(C)C2CC[C@@H]4[C@H](C)CCC(=O)NCCS(=O)(=O)O)CC1C[C@H]3O. The van der Waals surface area contributed by atoms with Crippen molar-refractivity contribution in [3.05, 3.63) is 0 Å². The Bertz CT molecular complexity index is 2150. The number of hydrogen-bond acceptors (Lipinski definition) is 10. The summed E-state index contributed by atoms with van der Waals surface area (Å²) in [5, 5.41) is 35.9. The van der Waals surface area contributed by atoms with E-state index in [1.165, 1.54) is 0 Å². The molecule has 16 nitrogen and oxygen atoms in total. The van der Waals surface area contributed by atoms with Crippen molar-refractivity contribution in [2.45, 2.75) is 214 Å². The van der Waals surface area contributed by atoms with Crippen molar-refractivity contribution < 1.29 is 55.3 Å². The van der Waals surface area contributed by atoms with E-state index in [2.05, 4.69) is 62.8 Å². The molecule has 428 valence electrons. The lowest BCUT2D eigenvalue weighted by Gasteiger charge is -2.62. The smallest absolute Gasteiger partial charge is 0.266 e. The molecule has 0 heterocycles. The van der Waals surface area contributed by atoms with Crippen molar-refractivity contribution in [2.75, 3.05) is 24.6 Å². The van der Waals surface area contributed by atoms with Crippen LogP contribution in [0, 0.1) is 92.7 Å². The van der Waals surface area contributed by atoms with Gasteiger partial charge in [-0.15, -0.1) is 0 Å². The number of carbonyl (C=O) groups is 4. The molecule has 0 saturated heterocycles. The van der Waals surface area contributed by atoms with E-state index in [1.807, 2.05) is 0 Å². The molecule has 8 aliphatic rings. The minimum Gasteiger partial charge on any atom is -0.393 e. The van der Waals surface area contributed by atoms with Gasteiger partial charge in [0.1, 0.15) is 0 Å². The maximum atomic E-state index is 13.4. The highest BCUT2D eigenvalue weighted by molar-refractivity contribution is 7.86. The lowest BCUT2D eigenvalue weighted by atomic mass is 9.43. The normalized spacial score (nSPS) is 42.0. The van der Waals surface area contributed by atoms with E-state index in [-0.39, 0.29) is 94.5 Å². The van der Waals surface area contributed by atoms with Crippen molar-refractivity contribution in [3.8, 4) is 0 Å². The Labute approximate surface area is 449 Å². The Morgan fingerprint density at radius 1 is 0.493 bits per heavy atom. The van der Waals surface area contributed by atoms with Crippen molar-refractivity contribution >= 4 is 43.9 Å². The average molecular weight is 1090 g/mol. The van der Waals surface area contributed by atoms with Crippen molar-refractivity contribution in [1.29, 1.82) is 0 Å². The minimum absolute atomic E-state index is 0.00882. The van der Waals surface area contributed by atoms with Crippen molar-refractivity contribution in [2.24, 2.45) is 92.7 Å². The summed E-state index contributed by atoms with van der Waals surface area (Å²) in [6.07, 6.45) is 18.2. The zero-order chi connectivity index (χ0) is 54.5. The maximum Gasteiger partial charge on any atom is 0.266 e. The summed E-state index contributed by atoms with van der Waals surface area (Å²) in [5.41, 5.74) is 0.377. The van der Waals surface area contributed by atoms with Gasteiger partial charge >= 0.3 is 0 Å². The van der Waals surface area contributed by atoms with Crippen LogP contribution in [0.5, 0.6) is 0 Å².